The predicted octanol–water partition coefficient (Wildman–Crippen LogP) is 2.10. The molecule has 2 aromatic rings. The minimum absolute atomic E-state index is 0.151. The van der Waals surface area contributed by atoms with Gasteiger partial charge in [0.25, 0.3) is 5.91 Å². The second-order valence-electron chi connectivity index (χ2n) is 7.53. The Morgan fingerprint density at radius 2 is 2.10 bits per heavy atom. The van der Waals surface area contributed by atoms with E-state index in [1.54, 1.807) is 20.8 Å². The van der Waals surface area contributed by atoms with Crippen LogP contribution in [-0.4, -0.2) is 46.6 Å². The molecular weight excluding hydrogens is 417 g/mol. The summed E-state index contributed by atoms with van der Waals surface area (Å²) in [5, 5.41) is 13.3. The smallest absolute Gasteiger partial charge is 0.407 e. The first-order valence-corrected chi connectivity index (χ1v) is 10.2. The number of halogens is 1. The van der Waals surface area contributed by atoms with Crippen molar-refractivity contribution < 1.29 is 32.8 Å². The monoisotopic (exact) mass is 439 g/mol. The highest BCUT2D eigenvalue weighted by Crippen LogP contribution is 2.38. The minimum atomic E-state index is -1.96. The Labute approximate surface area is 174 Å². The van der Waals surface area contributed by atoms with Gasteiger partial charge in [0.1, 0.15) is 35.9 Å². The molecule has 3 N–H and O–H groups in total. The van der Waals surface area contributed by atoms with E-state index in [0.29, 0.717) is 11.1 Å². The highest BCUT2D eigenvalue weighted by Gasteiger charge is 2.32. The summed E-state index contributed by atoms with van der Waals surface area (Å²) < 4.78 is 40.7. The Bertz CT molecular complexity index is 1020. The molecule has 1 heterocycles. The van der Waals surface area contributed by atoms with Crippen molar-refractivity contribution in [2.45, 2.75) is 26.4 Å². The second kappa shape index (κ2) is 8.34. The number of aromatic hydroxyl groups is 1. The zero-order chi connectivity index (χ0) is 22.1. The first kappa shape index (κ1) is 21.6. The number of alkyl carbamates (subject to hydrolysis) is 1. The van der Waals surface area contributed by atoms with E-state index in [1.807, 2.05) is 0 Å². The highest BCUT2D eigenvalue weighted by atomic mass is 32.2. The molecule has 11 heteroatoms. The number of ether oxygens (including phenoxy) is 2. The van der Waals surface area contributed by atoms with Crippen molar-refractivity contribution in [3.63, 3.8) is 0 Å². The van der Waals surface area contributed by atoms with Crippen molar-refractivity contribution in [3.8, 4) is 11.5 Å². The molecule has 0 aromatic heterocycles. The molecule has 3 rings (SSSR count). The van der Waals surface area contributed by atoms with E-state index >= 15 is 0 Å². The van der Waals surface area contributed by atoms with Gasteiger partial charge in [-0.1, -0.05) is 0 Å². The lowest BCUT2D eigenvalue weighted by Crippen LogP contribution is -2.34. The number of carbonyl (C=O) groups is 2. The molecule has 0 bridgehead atoms. The number of benzene rings is 2. The van der Waals surface area contributed by atoms with Gasteiger partial charge in [-0.05, 0) is 50.4 Å². The summed E-state index contributed by atoms with van der Waals surface area (Å²) in [6.07, 6.45) is -0.559. The van der Waals surface area contributed by atoms with Crippen LogP contribution in [0.1, 0.15) is 20.8 Å². The molecule has 2 amide bonds. The number of phenols is 1. The Morgan fingerprint density at radius 3 is 2.73 bits per heavy atom. The van der Waals surface area contributed by atoms with Gasteiger partial charge in [-0.25, -0.2) is 13.4 Å². The van der Waals surface area contributed by atoms with Crippen molar-refractivity contribution in [1.29, 1.82) is 0 Å². The SMILES string of the molecule is CC(C)(C)OC(=O)NCCOc1ccc2c(F)c(N3CC(=O)NS3=O)c(O)cc2c1. The average molecular weight is 439 g/mol. The van der Waals surface area contributed by atoms with Crippen molar-refractivity contribution in [2.24, 2.45) is 0 Å². The lowest BCUT2D eigenvalue weighted by atomic mass is 10.1. The van der Waals surface area contributed by atoms with Crippen LogP contribution in [0.3, 0.4) is 0 Å². The van der Waals surface area contributed by atoms with Gasteiger partial charge in [0, 0.05) is 5.39 Å². The molecule has 2 aromatic carbocycles. The lowest BCUT2D eigenvalue weighted by molar-refractivity contribution is -0.117. The molecule has 0 radical (unpaired) electrons. The summed E-state index contributed by atoms with van der Waals surface area (Å²) >= 11 is -1.96. The molecule has 1 aliphatic heterocycles. The van der Waals surface area contributed by atoms with Gasteiger partial charge < -0.3 is 19.9 Å². The summed E-state index contributed by atoms with van der Waals surface area (Å²) in [5.74, 6) is -1.38. The molecule has 1 fully saturated rings. The van der Waals surface area contributed by atoms with E-state index in [0.717, 1.165) is 4.31 Å². The van der Waals surface area contributed by atoms with E-state index < -0.39 is 40.3 Å². The lowest BCUT2D eigenvalue weighted by Gasteiger charge is -2.19. The molecule has 1 saturated heterocycles. The number of amides is 2. The van der Waals surface area contributed by atoms with Crippen LogP contribution >= 0.6 is 0 Å². The number of nitrogens with one attached hydrogen (secondary N) is 2. The number of hydrogen-bond acceptors (Lipinski definition) is 6. The quantitative estimate of drug-likeness (QED) is 0.615. The fourth-order valence-electron chi connectivity index (χ4n) is 2.81. The van der Waals surface area contributed by atoms with Gasteiger partial charge in [0.2, 0.25) is 11.2 Å². The van der Waals surface area contributed by atoms with Gasteiger partial charge >= 0.3 is 6.09 Å². The fraction of sp³-hybridized carbons (Fsp3) is 0.368. The first-order valence-electron chi connectivity index (χ1n) is 9.09. The number of anilines is 1. The largest absolute Gasteiger partial charge is 0.506 e. The molecule has 0 aliphatic carbocycles. The van der Waals surface area contributed by atoms with Crippen LogP contribution < -0.4 is 19.1 Å². The maximum Gasteiger partial charge on any atom is 0.407 e. The maximum absolute atomic E-state index is 15.0. The predicted molar refractivity (Wildman–Crippen MR) is 109 cm³/mol. The van der Waals surface area contributed by atoms with Crippen molar-refractivity contribution in [2.75, 3.05) is 24.0 Å². The first-order chi connectivity index (χ1) is 14.0. The zero-order valence-electron chi connectivity index (χ0n) is 16.7. The van der Waals surface area contributed by atoms with Crippen LogP contribution in [0.2, 0.25) is 0 Å². The summed E-state index contributed by atoms with van der Waals surface area (Å²) in [7, 11) is 0. The summed E-state index contributed by atoms with van der Waals surface area (Å²) in [4.78, 5) is 23.0. The van der Waals surface area contributed by atoms with Crippen LogP contribution in [0.4, 0.5) is 14.9 Å². The van der Waals surface area contributed by atoms with Crippen LogP contribution in [-0.2, 0) is 20.7 Å². The molecule has 0 spiro atoms. The van der Waals surface area contributed by atoms with Crippen LogP contribution in [0.5, 0.6) is 11.5 Å². The minimum Gasteiger partial charge on any atom is -0.506 e. The number of hydrogen-bond donors (Lipinski definition) is 3. The van der Waals surface area contributed by atoms with E-state index in [9.17, 15) is 23.3 Å². The normalized spacial score (nSPS) is 16.5. The molecule has 1 aliphatic rings. The standard InChI is InChI=1S/C19H22FN3O6S/c1-19(2,3)29-18(26)21-6-7-28-12-4-5-13-11(8-12)9-14(24)17(16(13)20)23-10-15(25)22-30(23)27/h4-5,8-9,24H,6-7,10H2,1-3H3,(H,21,26)(H,22,25). The van der Waals surface area contributed by atoms with Gasteiger partial charge in [-0.2, -0.15) is 0 Å². The number of carbonyl (C=O) groups excluding carboxylic acids is 2. The molecule has 30 heavy (non-hydrogen) atoms. The number of fused-ring (bicyclic) bond motifs is 1. The average Bonchev–Trinajstić information content (AvgIpc) is 2.95. The van der Waals surface area contributed by atoms with Crippen LogP contribution in [0.25, 0.3) is 10.8 Å². The fourth-order valence-corrected chi connectivity index (χ4v) is 3.76. The van der Waals surface area contributed by atoms with Crippen molar-refractivity contribution >= 4 is 39.6 Å². The summed E-state index contributed by atoms with van der Waals surface area (Å²) in [6, 6.07) is 5.82. The molecular formula is C19H22FN3O6S. The third kappa shape index (κ3) is 4.90. The van der Waals surface area contributed by atoms with Gasteiger partial charge in [0.05, 0.1) is 6.54 Å². The third-order valence-electron chi connectivity index (χ3n) is 3.98. The number of rotatable bonds is 5. The van der Waals surface area contributed by atoms with Crippen LogP contribution in [0, 0.1) is 5.82 Å². The Morgan fingerprint density at radius 1 is 1.37 bits per heavy atom. The van der Waals surface area contributed by atoms with E-state index in [-0.39, 0.29) is 30.8 Å². The van der Waals surface area contributed by atoms with E-state index in [1.165, 1.54) is 24.3 Å². The second-order valence-corrected chi connectivity index (χ2v) is 8.67. The molecule has 1 unspecified atom stereocenters. The van der Waals surface area contributed by atoms with E-state index in [4.69, 9.17) is 9.47 Å². The Kier molecular flexibility index (Phi) is 6.01. The molecule has 1 atom stereocenters. The van der Waals surface area contributed by atoms with Crippen molar-refractivity contribution in [1.82, 2.24) is 10.0 Å². The van der Waals surface area contributed by atoms with Crippen molar-refractivity contribution in [3.05, 3.63) is 30.1 Å². The zero-order valence-corrected chi connectivity index (χ0v) is 17.5. The van der Waals surface area contributed by atoms with Crippen LogP contribution in [0.15, 0.2) is 24.3 Å². The topological polar surface area (TPSA) is 117 Å². The molecule has 9 nitrogen and oxygen atoms in total. The highest BCUT2D eigenvalue weighted by molar-refractivity contribution is 7.85. The Balaban J connectivity index is 1.70. The third-order valence-corrected chi connectivity index (χ3v) is 5.09. The summed E-state index contributed by atoms with van der Waals surface area (Å²) in [6.45, 7) is 5.30. The number of phenolic OH excluding ortho intramolecular Hbond substituents is 1. The number of nitrogens with zero attached hydrogens (tertiary/aromatic N) is 1. The van der Waals surface area contributed by atoms with Gasteiger partial charge in [-0.15, -0.1) is 0 Å². The van der Waals surface area contributed by atoms with Gasteiger partial charge in [0.15, 0.2) is 5.82 Å². The van der Waals surface area contributed by atoms with E-state index in [2.05, 4.69) is 10.0 Å². The van der Waals surface area contributed by atoms with Gasteiger partial charge in [-0.3, -0.25) is 13.8 Å². The Hall–Kier alpha value is -3.08. The maximum atomic E-state index is 15.0. The molecule has 0 saturated carbocycles. The summed E-state index contributed by atoms with van der Waals surface area (Å²) in [5.41, 5.74) is -0.909. The molecule has 162 valence electrons.